The predicted molar refractivity (Wildman–Crippen MR) is 112 cm³/mol. The van der Waals surface area contributed by atoms with Crippen LogP contribution in [-0.4, -0.2) is 80.1 Å². The van der Waals surface area contributed by atoms with Crippen LogP contribution >= 0.6 is 0 Å². The zero-order valence-corrected chi connectivity index (χ0v) is 17.8. The first-order chi connectivity index (χ1) is 15.0. The molecule has 1 aromatic rings. The van der Waals surface area contributed by atoms with E-state index >= 15 is 0 Å². The molecular formula is C22H29FN4O4. The van der Waals surface area contributed by atoms with Gasteiger partial charge in [-0.3, -0.25) is 14.5 Å². The van der Waals surface area contributed by atoms with Gasteiger partial charge in [-0.2, -0.15) is 0 Å². The number of carbonyl (C=O) groups excluding carboxylic acids is 3. The number of rotatable bonds is 5. The molecule has 0 radical (unpaired) electrons. The molecule has 4 rings (SSSR count). The lowest BCUT2D eigenvalue weighted by atomic mass is 9.76. The molecule has 3 atom stereocenters. The fraction of sp³-hybridized carbons (Fsp3) is 0.591. The van der Waals surface area contributed by atoms with Crippen molar-refractivity contribution < 1.29 is 23.5 Å². The molecule has 0 bridgehead atoms. The molecule has 1 N–H and O–H groups in total. The summed E-state index contributed by atoms with van der Waals surface area (Å²) < 4.78 is 19.0. The maximum absolute atomic E-state index is 14.0. The van der Waals surface area contributed by atoms with Gasteiger partial charge in [0.25, 0.3) is 0 Å². The maximum atomic E-state index is 14.0. The number of methoxy groups -OCH3 is 1. The highest BCUT2D eigenvalue weighted by Crippen LogP contribution is 2.34. The summed E-state index contributed by atoms with van der Waals surface area (Å²) in [5, 5.41) is 2.92. The van der Waals surface area contributed by atoms with Crippen molar-refractivity contribution in [1.82, 2.24) is 15.1 Å². The Morgan fingerprint density at radius 3 is 2.61 bits per heavy atom. The van der Waals surface area contributed by atoms with E-state index in [4.69, 9.17) is 4.74 Å². The lowest BCUT2D eigenvalue weighted by molar-refractivity contribution is -0.143. The molecule has 0 aromatic heterocycles. The van der Waals surface area contributed by atoms with Crippen molar-refractivity contribution in [2.45, 2.75) is 25.3 Å². The first kappa shape index (κ1) is 21.5. The molecule has 2 heterocycles. The summed E-state index contributed by atoms with van der Waals surface area (Å²) in [5.74, 6) is -0.848. The number of halogens is 1. The largest absolute Gasteiger partial charge is 0.383 e. The van der Waals surface area contributed by atoms with Gasteiger partial charge in [-0.05, 0) is 31.4 Å². The quantitative estimate of drug-likeness (QED) is 0.762. The van der Waals surface area contributed by atoms with E-state index in [1.165, 1.54) is 18.1 Å². The highest BCUT2D eigenvalue weighted by atomic mass is 19.1. The molecule has 168 valence electrons. The summed E-state index contributed by atoms with van der Waals surface area (Å²) in [7, 11) is 1.53. The first-order valence-corrected chi connectivity index (χ1v) is 10.9. The summed E-state index contributed by atoms with van der Waals surface area (Å²) in [6.07, 6.45) is 1.69. The smallest absolute Gasteiger partial charge is 0.324 e. The van der Waals surface area contributed by atoms with Crippen molar-refractivity contribution in [3.63, 3.8) is 0 Å². The minimum atomic E-state index is -0.407. The van der Waals surface area contributed by atoms with Crippen LogP contribution in [0.4, 0.5) is 14.9 Å². The molecule has 31 heavy (non-hydrogen) atoms. The van der Waals surface area contributed by atoms with Crippen LogP contribution in [0, 0.1) is 17.7 Å². The molecule has 1 saturated carbocycles. The third kappa shape index (κ3) is 4.37. The van der Waals surface area contributed by atoms with Gasteiger partial charge < -0.3 is 19.9 Å². The second-order valence-electron chi connectivity index (χ2n) is 8.42. The van der Waals surface area contributed by atoms with Gasteiger partial charge in [0, 0.05) is 45.2 Å². The number of carbonyl (C=O) groups is 3. The summed E-state index contributed by atoms with van der Waals surface area (Å²) >= 11 is 0. The fourth-order valence-electron chi connectivity index (χ4n) is 4.92. The Kier molecular flexibility index (Phi) is 6.41. The summed E-state index contributed by atoms with van der Waals surface area (Å²) in [6.45, 7) is 2.77. The number of benzene rings is 1. The van der Waals surface area contributed by atoms with Crippen molar-refractivity contribution in [2.24, 2.45) is 11.8 Å². The van der Waals surface area contributed by atoms with Gasteiger partial charge in [0.05, 0.1) is 24.8 Å². The second-order valence-corrected chi connectivity index (χ2v) is 8.42. The number of amides is 4. The van der Waals surface area contributed by atoms with E-state index in [9.17, 15) is 18.8 Å². The molecule has 9 heteroatoms. The van der Waals surface area contributed by atoms with Crippen molar-refractivity contribution in [3.8, 4) is 0 Å². The minimum Gasteiger partial charge on any atom is -0.383 e. The first-order valence-electron chi connectivity index (χ1n) is 10.9. The third-order valence-corrected chi connectivity index (χ3v) is 6.64. The van der Waals surface area contributed by atoms with E-state index in [-0.39, 0.29) is 42.1 Å². The number of fused-ring (bicyclic) bond motifs is 1. The number of piperazine rings is 1. The molecule has 3 unspecified atom stereocenters. The lowest BCUT2D eigenvalue weighted by Crippen LogP contribution is -2.62. The zero-order valence-electron chi connectivity index (χ0n) is 17.8. The predicted octanol–water partition coefficient (Wildman–Crippen LogP) is 1.46. The topological polar surface area (TPSA) is 82.2 Å². The highest BCUT2D eigenvalue weighted by Gasteiger charge is 2.45. The van der Waals surface area contributed by atoms with Gasteiger partial charge in [-0.15, -0.1) is 0 Å². The maximum Gasteiger partial charge on any atom is 0.324 e. The Labute approximate surface area is 181 Å². The molecule has 1 aromatic carbocycles. The van der Waals surface area contributed by atoms with Crippen LogP contribution in [0.25, 0.3) is 0 Å². The highest BCUT2D eigenvalue weighted by molar-refractivity contribution is 5.99. The van der Waals surface area contributed by atoms with Crippen molar-refractivity contribution in [1.29, 1.82) is 0 Å². The number of imide groups is 1. The van der Waals surface area contributed by atoms with E-state index in [0.29, 0.717) is 57.7 Å². The molecule has 0 spiro atoms. The van der Waals surface area contributed by atoms with Crippen LogP contribution in [0.2, 0.25) is 0 Å². The Morgan fingerprint density at radius 1 is 1.16 bits per heavy atom. The monoisotopic (exact) mass is 432 g/mol. The molecule has 2 aliphatic heterocycles. The number of ether oxygens (including phenoxy) is 1. The molecular weight excluding hydrogens is 403 g/mol. The van der Waals surface area contributed by atoms with Gasteiger partial charge >= 0.3 is 6.03 Å². The van der Waals surface area contributed by atoms with Gasteiger partial charge in [0.1, 0.15) is 5.82 Å². The van der Waals surface area contributed by atoms with Crippen LogP contribution in [0.1, 0.15) is 19.3 Å². The van der Waals surface area contributed by atoms with Crippen LogP contribution in [-0.2, 0) is 14.3 Å². The fourth-order valence-corrected chi connectivity index (χ4v) is 4.92. The number of urea groups is 1. The molecule has 4 amide bonds. The summed E-state index contributed by atoms with van der Waals surface area (Å²) in [5.41, 5.74) is 0.566. The van der Waals surface area contributed by atoms with Crippen LogP contribution in [0.3, 0.4) is 0 Å². The third-order valence-electron chi connectivity index (χ3n) is 6.64. The number of nitrogens with one attached hydrogen (secondary N) is 1. The van der Waals surface area contributed by atoms with E-state index in [1.807, 2.05) is 15.9 Å². The van der Waals surface area contributed by atoms with Crippen LogP contribution < -0.4 is 10.2 Å². The van der Waals surface area contributed by atoms with Crippen LogP contribution in [0.5, 0.6) is 0 Å². The number of nitrogens with zero attached hydrogens (tertiary/aromatic N) is 3. The van der Waals surface area contributed by atoms with E-state index in [0.717, 1.165) is 0 Å². The average molecular weight is 432 g/mol. The van der Waals surface area contributed by atoms with Gasteiger partial charge in [0.2, 0.25) is 11.8 Å². The molecule has 8 nitrogen and oxygen atoms in total. The number of hydrogen-bond donors (Lipinski definition) is 1. The van der Waals surface area contributed by atoms with Gasteiger partial charge in [0.15, 0.2) is 0 Å². The Morgan fingerprint density at radius 2 is 1.90 bits per heavy atom. The van der Waals surface area contributed by atoms with Gasteiger partial charge in [-0.25, -0.2) is 9.18 Å². The Hall–Kier alpha value is -2.68. The molecule has 3 fully saturated rings. The Bertz CT molecular complexity index is 843. The Balaban J connectivity index is 1.33. The van der Waals surface area contributed by atoms with E-state index < -0.39 is 6.03 Å². The number of hydrogen-bond acceptors (Lipinski definition) is 5. The van der Waals surface area contributed by atoms with Crippen molar-refractivity contribution in [2.75, 3.05) is 51.3 Å². The molecule has 2 saturated heterocycles. The van der Waals surface area contributed by atoms with E-state index in [1.54, 1.807) is 12.1 Å². The molecule has 1 aliphatic carbocycles. The standard InChI is InChI=1S/C22H29FN4O4/c1-31-13-12-27-21(29)16-7-6-15(14-18(16)24-22(27)30)20(28)26-10-8-25(9-11-26)19-5-3-2-4-17(19)23/h2-5,15-16,18H,6-14H2,1H3,(H,24,30). The zero-order chi connectivity index (χ0) is 22.0. The average Bonchev–Trinajstić information content (AvgIpc) is 2.78. The summed E-state index contributed by atoms with van der Waals surface area (Å²) in [6, 6.07) is 5.97. The normalized spacial score (nSPS) is 26.5. The number of para-hydroxylation sites is 1. The van der Waals surface area contributed by atoms with Crippen LogP contribution in [0.15, 0.2) is 24.3 Å². The van der Waals surface area contributed by atoms with Crippen molar-refractivity contribution >= 4 is 23.5 Å². The van der Waals surface area contributed by atoms with Crippen molar-refractivity contribution in [3.05, 3.63) is 30.1 Å². The van der Waals surface area contributed by atoms with E-state index in [2.05, 4.69) is 5.32 Å². The SMILES string of the molecule is COCCN1C(=O)NC2CC(C(=O)N3CCN(c4ccccc4F)CC3)CCC2C1=O. The summed E-state index contributed by atoms with van der Waals surface area (Å²) in [4.78, 5) is 43.2. The number of anilines is 1. The minimum absolute atomic E-state index is 0.0649. The second kappa shape index (κ2) is 9.21. The molecule has 3 aliphatic rings. The lowest BCUT2D eigenvalue weighted by Gasteiger charge is -2.43. The van der Waals surface area contributed by atoms with Gasteiger partial charge in [-0.1, -0.05) is 12.1 Å².